The molecule has 1 saturated heterocycles. The van der Waals surface area contributed by atoms with Crippen LogP contribution in [-0.4, -0.2) is 48.2 Å². The van der Waals surface area contributed by atoms with Crippen LogP contribution in [0.3, 0.4) is 0 Å². The zero-order chi connectivity index (χ0) is 13.1. The molecule has 0 aromatic rings. The summed E-state index contributed by atoms with van der Waals surface area (Å²) in [5.74, 6) is -1.34. The molecular formula is C13H21NO4. The van der Waals surface area contributed by atoms with Gasteiger partial charge in [0.1, 0.15) is 0 Å². The third-order valence-corrected chi connectivity index (χ3v) is 3.97. The molecule has 5 heteroatoms. The van der Waals surface area contributed by atoms with Crippen LogP contribution < -0.4 is 0 Å². The maximum absolute atomic E-state index is 12.4. The minimum absolute atomic E-state index is 0.0113. The zero-order valence-corrected chi connectivity index (χ0v) is 10.8. The van der Waals surface area contributed by atoms with Crippen molar-refractivity contribution >= 4 is 11.9 Å². The third kappa shape index (κ3) is 2.83. The second-order valence-corrected chi connectivity index (χ2v) is 5.42. The summed E-state index contributed by atoms with van der Waals surface area (Å²) in [6.45, 7) is 4.56. The van der Waals surface area contributed by atoms with E-state index < -0.39 is 11.9 Å². The molecule has 0 radical (unpaired) electrons. The average Bonchev–Trinajstić information content (AvgIpc) is 2.56. The van der Waals surface area contributed by atoms with Crippen molar-refractivity contribution in [2.45, 2.75) is 26.2 Å². The van der Waals surface area contributed by atoms with E-state index in [4.69, 9.17) is 4.74 Å². The highest BCUT2D eigenvalue weighted by molar-refractivity contribution is 5.85. The Morgan fingerprint density at radius 3 is 2.61 bits per heavy atom. The molecule has 3 unspecified atom stereocenters. The number of carbonyl (C=O) groups is 2. The van der Waals surface area contributed by atoms with Crippen molar-refractivity contribution < 1.29 is 19.4 Å². The summed E-state index contributed by atoms with van der Waals surface area (Å²) in [5, 5.41) is 9.21. The Hall–Kier alpha value is -1.10. The van der Waals surface area contributed by atoms with Crippen molar-refractivity contribution in [2.24, 2.45) is 17.8 Å². The predicted octanol–water partition coefficient (Wildman–Crippen LogP) is 0.982. The van der Waals surface area contributed by atoms with Gasteiger partial charge >= 0.3 is 5.97 Å². The first kappa shape index (κ1) is 13.3. The van der Waals surface area contributed by atoms with Crippen LogP contribution in [0.5, 0.6) is 0 Å². The van der Waals surface area contributed by atoms with Crippen molar-refractivity contribution in [3.05, 3.63) is 0 Å². The van der Waals surface area contributed by atoms with E-state index in [1.54, 1.807) is 4.90 Å². The highest BCUT2D eigenvalue weighted by Gasteiger charge is 2.42. The number of rotatable bonds is 2. The van der Waals surface area contributed by atoms with Gasteiger partial charge in [0.25, 0.3) is 0 Å². The van der Waals surface area contributed by atoms with E-state index in [-0.39, 0.29) is 11.8 Å². The number of carbonyl (C=O) groups excluding carboxylic acids is 1. The first-order valence-corrected chi connectivity index (χ1v) is 6.69. The molecular weight excluding hydrogens is 234 g/mol. The maximum atomic E-state index is 12.4. The molecule has 2 aliphatic rings. The monoisotopic (exact) mass is 255 g/mol. The van der Waals surface area contributed by atoms with Crippen molar-refractivity contribution in [3.63, 3.8) is 0 Å². The Kier molecular flexibility index (Phi) is 4.22. The van der Waals surface area contributed by atoms with Gasteiger partial charge in [0.2, 0.25) is 5.91 Å². The lowest BCUT2D eigenvalue weighted by atomic mass is 9.94. The van der Waals surface area contributed by atoms with E-state index >= 15 is 0 Å². The Balaban J connectivity index is 2.04. The van der Waals surface area contributed by atoms with Gasteiger partial charge in [0.05, 0.1) is 18.4 Å². The smallest absolute Gasteiger partial charge is 0.307 e. The Morgan fingerprint density at radius 2 is 1.89 bits per heavy atom. The molecule has 1 heterocycles. The summed E-state index contributed by atoms with van der Waals surface area (Å²) < 4.78 is 5.32. The molecule has 0 spiro atoms. The summed E-state index contributed by atoms with van der Waals surface area (Å²) in [5.41, 5.74) is 0. The molecule has 1 saturated carbocycles. The van der Waals surface area contributed by atoms with Gasteiger partial charge in [-0.1, -0.05) is 6.92 Å². The maximum Gasteiger partial charge on any atom is 0.307 e. The van der Waals surface area contributed by atoms with Crippen molar-refractivity contribution in [1.82, 2.24) is 4.90 Å². The summed E-state index contributed by atoms with van der Waals surface area (Å²) in [4.78, 5) is 25.4. The normalized spacial score (nSPS) is 33.2. The van der Waals surface area contributed by atoms with Crippen molar-refractivity contribution in [3.8, 4) is 0 Å². The molecule has 1 N–H and O–H groups in total. The predicted molar refractivity (Wildman–Crippen MR) is 65.0 cm³/mol. The first-order valence-electron chi connectivity index (χ1n) is 6.69. The lowest BCUT2D eigenvalue weighted by molar-refractivity contribution is -0.149. The minimum Gasteiger partial charge on any atom is -0.481 e. The molecule has 5 nitrogen and oxygen atoms in total. The van der Waals surface area contributed by atoms with Gasteiger partial charge in [-0.2, -0.15) is 0 Å². The van der Waals surface area contributed by atoms with Gasteiger partial charge < -0.3 is 14.7 Å². The molecule has 2 fully saturated rings. The Bertz CT molecular complexity index is 323. The summed E-state index contributed by atoms with van der Waals surface area (Å²) in [6.07, 6.45) is 2.16. The molecule has 0 bridgehead atoms. The average molecular weight is 255 g/mol. The van der Waals surface area contributed by atoms with Crippen LogP contribution in [0.15, 0.2) is 0 Å². The van der Waals surface area contributed by atoms with Crippen molar-refractivity contribution in [1.29, 1.82) is 0 Å². The number of amides is 1. The Morgan fingerprint density at radius 1 is 1.17 bits per heavy atom. The molecule has 3 atom stereocenters. The van der Waals surface area contributed by atoms with E-state index in [2.05, 4.69) is 0 Å². The van der Waals surface area contributed by atoms with Crippen LogP contribution in [0.1, 0.15) is 26.2 Å². The number of nitrogens with zero attached hydrogens (tertiary/aromatic N) is 1. The molecule has 2 rings (SSSR count). The largest absolute Gasteiger partial charge is 0.481 e. The third-order valence-electron chi connectivity index (χ3n) is 3.97. The number of carboxylic acid groups (broad SMARTS) is 1. The van der Waals surface area contributed by atoms with Crippen LogP contribution in [0.4, 0.5) is 0 Å². The van der Waals surface area contributed by atoms with Gasteiger partial charge in [0, 0.05) is 19.7 Å². The SMILES string of the molecule is CC1CC(C(=O)O)C(C(=O)N2CCCOCC2)C1. The fraction of sp³-hybridized carbons (Fsp3) is 0.846. The molecule has 0 aromatic carbocycles. The fourth-order valence-corrected chi connectivity index (χ4v) is 3.04. The quantitative estimate of drug-likeness (QED) is 0.798. The molecule has 0 aromatic heterocycles. The highest BCUT2D eigenvalue weighted by Crippen LogP contribution is 2.37. The first-order chi connectivity index (χ1) is 8.59. The van der Waals surface area contributed by atoms with E-state index in [1.807, 2.05) is 6.92 Å². The van der Waals surface area contributed by atoms with Crippen LogP contribution in [-0.2, 0) is 14.3 Å². The Labute approximate surface area is 107 Å². The standard InChI is InChI=1S/C13H21NO4/c1-9-7-10(11(8-9)13(16)17)12(15)14-3-2-5-18-6-4-14/h9-11H,2-8H2,1H3,(H,16,17). The summed E-state index contributed by atoms with van der Waals surface area (Å²) in [6, 6.07) is 0. The van der Waals surface area contributed by atoms with Gasteiger partial charge in [-0.15, -0.1) is 0 Å². The molecule has 102 valence electrons. The topological polar surface area (TPSA) is 66.8 Å². The second-order valence-electron chi connectivity index (χ2n) is 5.42. The van der Waals surface area contributed by atoms with E-state index in [9.17, 15) is 14.7 Å². The lowest BCUT2D eigenvalue weighted by Crippen LogP contribution is -2.40. The fourth-order valence-electron chi connectivity index (χ4n) is 3.04. The molecule has 1 aliphatic carbocycles. The van der Waals surface area contributed by atoms with Crippen LogP contribution in [0, 0.1) is 17.8 Å². The van der Waals surface area contributed by atoms with Gasteiger partial charge in [0.15, 0.2) is 0 Å². The number of carboxylic acids is 1. The van der Waals surface area contributed by atoms with Crippen molar-refractivity contribution in [2.75, 3.05) is 26.3 Å². The van der Waals surface area contributed by atoms with Crippen LogP contribution in [0.2, 0.25) is 0 Å². The number of ether oxygens (including phenoxy) is 1. The van der Waals surface area contributed by atoms with E-state index in [0.29, 0.717) is 45.1 Å². The van der Waals surface area contributed by atoms with Gasteiger partial charge in [-0.05, 0) is 25.2 Å². The van der Waals surface area contributed by atoms with Crippen LogP contribution in [0.25, 0.3) is 0 Å². The number of hydrogen-bond donors (Lipinski definition) is 1. The number of aliphatic carboxylic acids is 1. The molecule has 1 aliphatic heterocycles. The zero-order valence-electron chi connectivity index (χ0n) is 10.8. The minimum atomic E-state index is -0.830. The lowest BCUT2D eigenvalue weighted by Gasteiger charge is -2.25. The van der Waals surface area contributed by atoms with E-state index in [1.165, 1.54) is 0 Å². The molecule has 1 amide bonds. The van der Waals surface area contributed by atoms with Crippen LogP contribution >= 0.6 is 0 Å². The van der Waals surface area contributed by atoms with Gasteiger partial charge in [-0.25, -0.2) is 0 Å². The summed E-state index contributed by atoms with van der Waals surface area (Å²) >= 11 is 0. The second kappa shape index (κ2) is 5.69. The van der Waals surface area contributed by atoms with E-state index in [0.717, 1.165) is 6.42 Å². The number of hydrogen-bond acceptors (Lipinski definition) is 3. The highest BCUT2D eigenvalue weighted by atomic mass is 16.5. The summed E-state index contributed by atoms with van der Waals surface area (Å²) in [7, 11) is 0. The molecule has 18 heavy (non-hydrogen) atoms. The van der Waals surface area contributed by atoms with Gasteiger partial charge in [-0.3, -0.25) is 9.59 Å².